The van der Waals surface area contributed by atoms with Crippen LogP contribution in [0.4, 0.5) is 0 Å². The molecule has 1 aliphatic heterocycles. The minimum absolute atomic E-state index is 0.0557. The van der Waals surface area contributed by atoms with Crippen molar-refractivity contribution in [2.45, 2.75) is 25.0 Å². The van der Waals surface area contributed by atoms with E-state index in [1.54, 1.807) is 10.9 Å². The number of hydrogen-bond donors (Lipinski definition) is 3. The molecular formula is C12H16N6O. The Balaban J connectivity index is 1.73. The number of nitrogens with zero attached hydrogens (tertiary/aromatic N) is 4. The second kappa shape index (κ2) is 5.43. The van der Waals surface area contributed by atoms with E-state index in [9.17, 15) is 0 Å². The van der Waals surface area contributed by atoms with Crippen molar-refractivity contribution in [3.05, 3.63) is 42.2 Å². The third kappa shape index (κ3) is 2.48. The number of hydrazine groups is 1. The Labute approximate surface area is 110 Å². The van der Waals surface area contributed by atoms with Gasteiger partial charge in [-0.05, 0) is 18.6 Å². The summed E-state index contributed by atoms with van der Waals surface area (Å²) in [6, 6.07) is 6.11. The Bertz CT molecular complexity index is 528. The van der Waals surface area contributed by atoms with Crippen molar-refractivity contribution < 1.29 is 5.11 Å². The number of aromatic nitrogens is 4. The van der Waals surface area contributed by atoms with Crippen molar-refractivity contribution in [3.8, 4) is 0 Å². The molecule has 0 aliphatic carbocycles. The summed E-state index contributed by atoms with van der Waals surface area (Å²) in [4.78, 5) is 8.61. The SMILES string of the molecule is OCCn1ncnc1C1CC(c2ccccn2)NN1. The average molecular weight is 260 g/mol. The molecule has 1 fully saturated rings. The topological polar surface area (TPSA) is 87.9 Å². The molecule has 2 unspecified atom stereocenters. The molecule has 0 amide bonds. The van der Waals surface area contributed by atoms with Gasteiger partial charge in [0, 0.05) is 6.20 Å². The summed E-state index contributed by atoms with van der Waals surface area (Å²) in [6.45, 7) is 0.516. The molecule has 0 bridgehead atoms. The molecule has 100 valence electrons. The Morgan fingerprint density at radius 3 is 2.95 bits per heavy atom. The van der Waals surface area contributed by atoms with Gasteiger partial charge >= 0.3 is 0 Å². The maximum absolute atomic E-state index is 9.00. The van der Waals surface area contributed by atoms with Crippen molar-refractivity contribution in [2.75, 3.05) is 6.61 Å². The molecule has 0 radical (unpaired) electrons. The maximum Gasteiger partial charge on any atom is 0.145 e. The number of hydrogen-bond acceptors (Lipinski definition) is 6. The van der Waals surface area contributed by atoms with Gasteiger partial charge in [-0.1, -0.05) is 6.07 Å². The minimum Gasteiger partial charge on any atom is -0.394 e. The Hall–Kier alpha value is -1.83. The lowest BCUT2D eigenvalue weighted by atomic mass is 10.1. The fourth-order valence-corrected chi connectivity index (χ4v) is 2.31. The van der Waals surface area contributed by atoms with Crippen LogP contribution < -0.4 is 10.9 Å². The fourth-order valence-electron chi connectivity index (χ4n) is 2.31. The molecule has 1 saturated heterocycles. The van der Waals surface area contributed by atoms with E-state index in [0.717, 1.165) is 17.9 Å². The first-order valence-corrected chi connectivity index (χ1v) is 6.29. The van der Waals surface area contributed by atoms with Gasteiger partial charge in [0.1, 0.15) is 12.2 Å². The molecule has 3 N–H and O–H groups in total. The van der Waals surface area contributed by atoms with E-state index in [-0.39, 0.29) is 18.7 Å². The van der Waals surface area contributed by atoms with E-state index in [1.165, 1.54) is 6.33 Å². The van der Waals surface area contributed by atoms with Gasteiger partial charge in [0.15, 0.2) is 0 Å². The summed E-state index contributed by atoms with van der Waals surface area (Å²) < 4.78 is 1.72. The zero-order chi connectivity index (χ0) is 13.1. The van der Waals surface area contributed by atoms with Crippen molar-refractivity contribution in [2.24, 2.45) is 0 Å². The molecule has 0 spiro atoms. The normalized spacial score (nSPS) is 22.8. The number of nitrogens with one attached hydrogen (secondary N) is 2. The molecule has 19 heavy (non-hydrogen) atoms. The highest BCUT2D eigenvalue weighted by Gasteiger charge is 2.29. The van der Waals surface area contributed by atoms with E-state index < -0.39 is 0 Å². The van der Waals surface area contributed by atoms with Gasteiger partial charge < -0.3 is 5.11 Å². The molecule has 2 aromatic rings. The molecule has 2 aromatic heterocycles. The highest BCUT2D eigenvalue weighted by Crippen LogP contribution is 2.28. The van der Waals surface area contributed by atoms with Gasteiger partial charge in [-0.15, -0.1) is 0 Å². The predicted octanol–water partition coefficient (Wildman–Crippen LogP) is -0.0543. The Morgan fingerprint density at radius 1 is 1.26 bits per heavy atom. The van der Waals surface area contributed by atoms with Crippen molar-refractivity contribution in [3.63, 3.8) is 0 Å². The van der Waals surface area contributed by atoms with Crippen LogP contribution in [0.3, 0.4) is 0 Å². The number of rotatable bonds is 4. The van der Waals surface area contributed by atoms with Gasteiger partial charge in [0.05, 0.1) is 30.9 Å². The summed E-state index contributed by atoms with van der Waals surface area (Å²) in [5.41, 5.74) is 7.44. The smallest absolute Gasteiger partial charge is 0.145 e. The maximum atomic E-state index is 9.00. The lowest BCUT2D eigenvalue weighted by Crippen LogP contribution is -2.28. The van der Waals surface area contributed by atoms with Crippen molar-refractivity contribution in [1.29, 1.82) is 0 Å². The van der Waals surface area contributed by atoms with Gasteiger partial charge in [-0.3, -0.25) is 4.98 Å². The van der Waals surface area contributed by atoms with Crippen LogP contribution in [0, 0.1) is 0 Å². The zero-order valence-corrected chi connectivity index (χ0v) is 10.4. The summed E-state index contributed by atoms with van der Waals surface area (Å²) >= 11 is 0. The molecule has 3 heterocycles. The second-order valence-electron chi connectivity index (χ2n) is 4.45. The van der Waals surface area contributed by atoms with Crippen molar-refractivity contribution in [1.82, 2.24) is 30.6 Å². The minimum atomic E-state index is 0.0557. The van der Waals surface area contributed by atoms with Crippen LogP contribution >= 0.6 is 0 Å². The van der Waals surface area contributed by atoms with Crippen molar-refractivity contribution >= 4 is 0 Å². The number of aliphatic hydroxyl groups excluding tert-OH is 1. The van der Waals surface area contributed by atoms with Crippen LogP contribution in [0.25, 0.3) is 0 Å². The van der Waals surface area contributed by atoms with E-state index in [0.29, 0.717) is 6.54 Å². The molecule has 7 heteroatoms. The van der Waals surface area contributed by atoms with Crippen LogP contribution in [0.5, 0.6) is 0 Å². The zero-order valence-electron chi connectivity index (χ0n) is 10.4. The summed E-state index contributed by atoms with van der Waals surface area (Å²) in [5, 5.41) is 13.1. The third-order valence-electron chi connectivity index (χ3n) is 3.22. The van der Waals surface area contributed by atoms with E-state index in [1.807, 2.05) is 18.2 Å². The van der Waals surface area contributed by atoms with Crippen LogP contribution in [0.15, 0.2) is 30.7 Å². The summed E-state index contributed by atoms with van der Waals surface area (Å²) in [7, 11) is 0. The lowest BCUT2D eigenvalue weighted by Gasteiger charge is -2.10. The van der Waals surface area contributed by atoms with E-state index in [4.69, 9.17) is 5.11 Å². The lowest BCUT2D eigenvalue weighted by molar-refractivity contribution is 0.264. The molecule has 0 aromatic carbocycles. The molecular weight excluding hydrogens is 244 g/mol. The highest BCUT2D eigenvalue weighted by molar-refractivity contribution is 5.12. The molecule has 7 nitrogen and oxygen atoms in total. The van der Waals surface area contributed by atoms with Crippen LogP contribution in [0.1, 0.15) is 30.0 Å². The van der Waals surface area contributed by atoms with Gasteiger partial charge in [-0.25, -0.2) is 20.5 Å². The first kappa shape index (κ1) is 12.2. The monoisotopic (exact) mass is 260 g/mol. The quantitative estimate of drug-likeness (QED) is 0.714. The standard InChI is InChI=1S/C12H16N6O/c19-6-5-18-12(14-8-15-18)11-7-10(16-17-11)9-3-1-2-4-13-9/h1-4,8,10-11,16-17,19H,5-7H2. The first-order chi connectivity index (χ1) is 9.38. The summed E-state index contributed by atoms with van der Waals surface area (Å²) in [5.74, 6) is 0.833. The fraction of sp³-hybridized carbons (Fsp3) is 0.417. The van der Waals surface area contributed by atoms with E-state index in [2.05, 4.69) is 25.9 Å². The Kier molecular flexibility index (Phi) is 3.49. The largest absolute Gasteiger partial charge is 0.394 e. The van der Waals surface area contributed by atoms with Gasteiger partial charge in [-0.2, -0.15) is 5.10 Å². The molecule has 2 atom stereocenters. The van der Waals surface area contributed by atoms with Gasteiger partial charge in [0.25, 0.3) is 0 Å². The third-order valence-corrected chi connectivity index (χ3v) is 3.22. The number of pyridine rings is 1. The van der Waals surface area contributed by atoms with Crippen LogP contribution in [0.2, 0.25) is 0 Å². The van der Waals surface area contributed by atoms with Crippen LogP contribution in [-0.2, 0) is 6.54 Å². The van der Waals surface area contributed by atoms with Gasteiger partial charge in [0.2, 0.25) is 0 Å². The second-order valence-corrected chi connectivity index (χ2v) is 4.45. The highest BCUT2D eigenvalue weighted by atomic mass is 16.3. The molecule has 3 rings (SSSR count). The average Bonchev–Trinajstić information content (AvgIpc) is 3.08. The Morgan fingerprint density at radius 2 is 2.16 bits per heavy atom. The first-order valence-electron chi connectivity index (χ1n) is 6.29. The molecule has 0 saturated carbocycles. The number of aliphatic hydroxyl groups is 1. The van der Waals surface area contributed by atoms with Crippen LogP contribution in [-0.4, -0.2) is 31.5 Å². The predicted molar refractivity (Wildman–Crippen MR) is 67.7 cm³/mol. The molecule has 1 aliphatic rings. The summed E-state index contributed by atoms with van der Waals surface area (Å²) in [6.07, 6.45) is 4.15. The van der Waals surface area contributed by atoms with E-state index >= 15 is 0 Å².